The van der Waals surface area contributed by atoms with Crippen LogP contribution in [0.1, 0.15) is 0 Å². The van der Waals surface area contributed by atoms with Gasteiger partial charge in [0.25, 0.3) is 0 Å². The van der Waals surface area contributed by atoms with Gasteiger partial charge >= 0.3 is 0 Å². The van der Waals surface area contributed by atoms with Crippen molar-refractivity contribution in [1.82, 2.24) is 9.97 Å². The van der Waals surface area contributed by atoms with Crippen LogP contribution < -0.4 is 0 Å². The lowest BCUT2D eigenvalue weighted by molar-refractivity contribution is 0.972. The van der Waals surface area contributed by atoms with Gasteiger partial charge in [-0.25, -0.2) is 9.97 Å². The quantitative estimate of drug-likeness (QED) is 0.521. The van der Waals surface area contributed by atoms with Crippen molar-refractivity contribution in [2.24, 2.45) is 0 Å². The van der Waals surface area contributed by atoms with Crippen LogP contribution in [0.3, 0.4) is 0 Å². The van der Waals surface area contributed by atoms with Gasteiger partial charge in [0.2, 0.25) is 0 Å². The summed E-state index contributed by atoms with van der Waals surface area (Å²) in [6.45, 7) is 6.86. The van der Waals surface area contributed by atoms with Crippen LogP contribution in [0.2, 0.25) is 19.6 Å². The van der Waals surface area contributed by atoms with Crippen LogP contribution in [-0.2, 0) is 0 Å². The fourth-order valence-electron chi connectivity index (χ4n) is 0.612. The topological polar surface area (TPSA) is 25.8 Å². The molecule has 0 spiro atoms. The summed E-state index contributed by atoms with van der Waals surface area (Å²) in [7, 11) is -1.11. The Balaban J connectivity index is 2.66. The van der Waals surface area contributed by atoms with E-state index in [9.17, 15) is 0 Å². The summed E-state index contributed by atoms with van der Waals surface area (Å²) in [6, 6.07) is 1.84. The Hall–Kier alpha value is -0.353. The summed E-state index contributed by atoms with van der Waals surface area (Å²) in [4.78, 5) is 8.30. The number of hydrogen-bond donors (Lipinski definition) is 0. The van der Waals surface area contributed by atoms with Gasteiger partial charge in [-0.15, -0.1) is 11.2 Å². The summed E-state index contributed by atoms with van der Waals surface area (Å²) in [5, 5.41) is 0.909. The SMILES string of the molecule is C[Si](C)(C)Sc1ncccn1. The number of aromatic nitrogens is 2. The van der Waals surface area contributed by atoms with Crippen molar-refractivity contribution in [1.29, 1.82) is 0 Å². The summed E-state index contributed by atoms with van der Waals surface area (Å²) in [5.74, 6) is 0. The highest BCUT2D eigenvalue weighted by atomic mass is 32.4. The lowest BCUT2D eigenvalue weighted by Gasteiger charge is -2.12. The molecule has 0 amide bonds. The second kappa shape index (κ2) is 3.36. The normalized spacial score (nSPS) is 11.5. The predicted molar refractivity (Wildman–Crippen MR) is 51.2 cm³/mol. The smallest absolute Gasteiger partial charge is 0.181 e. The lowest BCUT2D eigenvalue weighted by Crippen LogP contribution is -2.14. The Kier molecular flexibility index (Phi) is 2.67. The van der Waals surface area contributed by atoms with Gasteiger partial charge in [-0.1, -0.05) is 19.6 Å². The molecular weight excluding hydrogens is 172 g/mol. The predicted octanol–water partition coefficient (Wildman–Crippen LogP) is 2.40. The van der Waals surface area contributed by atoms with E-state index in [0.29, 0.717) is 0 Å². The first-order valence-electron chi connectivity index (χ1n) is 3.54. The zero-order valence-electron chi connectivity index (χ0n) is 7.03. The van der Waals surface area contributed by atoms with E-state index in [4.69, 9.17) is 0 Å². The molecule has 1 rings (SSSR count). The van der Waals surface area contributed by atoms with E-state index in [-0.39, 0.29) is 0 Å². The third-order valence-electron chi connectivity index (χ3n) is 0.940. The van der Waals surface area contributed by atoms with Crippen molar-refractivity contribution in [3.63, 3.8) is 0 Å². The standard InChI is InChI=1S/C7H12N2SSi/c1-11(2,3)10-7-8-5-4-6-9-7/h4-6H,1-3H3. The third kappa shape index (κ3) is 3.53. The molecule has 1 heterocycles. The second-order valence-electron chi connectivity index (χ2n) is 3.25. The molecule has 0 aromatic carbocycles. The van der Waals surface area contributed by atoms with Gasteiger partial charge in [0.1, 0.15) is 7.22 Å². The van der Waals surface area contributed by atoms with Crippen molar-refractivity contribution < 1.29 is 0 Å². The van der Waals surface area contributed by atoms with E-state index >= 15 is 0 Å². The van der Waals surface area contributed by atoms with Crippen molar-refractivity contribution >= 4 is 18.4 Å². The molecule has 0 atom stereocenters. The molecule has 4 heteroatoms. The number of hydrogen-bond acceptors (Lipinski definition) is 3. The van der Waals surface area contributed by atoms with E-state index in [1.165, 1.54) is 0 Å². The van der Waals surface area contributed by atoms with Crippen molar-refractivity contribution in [2.45, 2.75) is 24.8 Å². The second-order valence-corrected chi connectivity index (χ2v) is 12.3. The van der Waals surface area contributed by atoms with Gasteiger partial charge in [-0.3, -0.25) is 0 Å². The molecule has 0 saturated carbocycles. The maximum atomic E-state index is 4.15. The Labute approximate surface area is 72.1 Å². The van der Waals surface area contributed by atoms with E-state index in [0.717, 1.165) is 5.16 Å². The minimum atomic E-state index is -1.11. The Morgan fingerprint density at radius 3 is 2.18 bits per heavy atom. The molecule has 60 valence electrons. The Bertz CT molecular complexity index is 220. The Morgan fingerprint density at radius 1 is 1.18 bits per heavy atom. The molecular formula is C7H12N2SSi. The van der Waals surface area contributed by atoms with Crippen LogP contribution in [0.15, 0.2) is 23.6 Å². The van der Waals surface area contributed by atoms with Gasteiger partial charge in [-0.2, -0.15) is 0 Å². The highest BCUT2D eigenvalue weighted by molar-refractivity contribution is 8.28. The van der Waals surface area contributed by atoms with Crippen LogP contribution in [0.4, 0.5) is 0 Å². The summed E-state index contributed by atoms with van der Waals surface area (Å²) < 4.78 is 0. The fraction of sp³-hybridized carbons (Fsp3) is 0.429. The van der Waals surface area contributed by atoms with Gasteiger partial charge in [0, 0.05) is 12.4 Å². The van der Waals surface area contributed by atoms with Crippen molar-refractivity contribution in [2.75, 3.05) is 0 Å². The monoisotopic (exact) mass is 184 g/mol. The van der Waals surface area contributed by atoms with Crippen LogP contribution in [0, 0.1) is 0 Å². The molecule has 0 N–H and O–H groups in total. The largest absolute Gasteiger partial charge is 0.232 e. The minimum Gasteiger partial charge on any atom is -0.232 e. The third-order valence-corrected chi connectivity index (χ3v) is 4.33. The molecule has 1 aromatic heterocycles. The van der Waals surface area contributed by atoms with E-state index in [1.807, 2.05) is 17.3 Å². The highest BCUT2D eigenvalue weighted by Gasteiger charge is 2.15. The fourth-order valence-corrected chi connectivity index (χ4v) is 3.35. The minimum absolute atomic E-state index is 0.909. The average Bonchev–Trinajstić information content (AvgIpc) is 1.85. The van der Waals surface area contributed by atoms with Crippen LogP contribution in [0.5, 0.6) is 0 Å². The first kappa shape index (κ1) is 8.74. The van der Waals surface area contributed by atoms with E-state index < -0.39 is 7.22 Å². The molecule has 1 aromatic rings. The van der Waals surface area contributed by atoms with E-state index in [2.05, 4.69) is 29.6 Å². The molecule has 0 unspecified atom stereocenters. The van der Waals surface area contributed by atoms with Crippen LogP contribution in [0.25, 0.3) is 0 Å². The van der Waals surface area contributed by atoms with Crippen molar-refractivity contribution in [3.05, 3.63) is 18.5 Å². The first-order valence-corrected chi connectivity index (χ1v) is 8.58. The number of nitrogens with zero attached hydrogens (tertiary/aromatic N) is 2. The molecule has 0 aliphatic rings. The first-order chi connectivity index (χ1) is 5.08. The van der Waals surface area contributed by atoms with Gasteiger partial charge in [0.15, 0.2) is 5.16 Å². The van der Waals surface area contributed by atoms with Crippen LogP contribution in [-0.4, -0.2) is 17.2 Å². The molecule has 0 aliphatic carbocycles. The number of rotatable bonds is 2. The molecule has 0 bridgehead atoms. The maximum Gasteiger partial charge on any atom is 0.181 e. The molecule has 0 radical (unpaired) electrons. The van der Waals surface area contributed by atoms with Crippen molar-refractivity contribution in [3.8, 4) is 0 Å². The molecule has 11 heavy (non-hydrogen) atoms. The lowest BCUT2D eigenvalue weighted by atomic mass is 10.7. The molecule has 0 fully saturated rings. The van der Waals surface area contributed by atoms with Crippen LogP contribution >= 0.6 is 11.2 Å². The highest BCUT2D eigenvalue weighted by Crippen LogP contribution is 2.24. The molecule has 0 aliphatic heterocycles. The summed E-state index contributed by atoms with van der Waals surface area (Å²) >= 11 is 1.82. The average molecular weight is 184 g/mol. The van der Waals surface area contributed by atoms with Gasteiger partial charge in [0.05, 0.1) is 0 Å². The van der Waals surface area contributed by atoms with Gasteiger partial charge < -0.3 is 0 Å². The zero-order chi connectivity index (χ0) is 8.32. The van der Waals surface area contributed by atoms with E-state index in [1.54, 1.807) is 12.4 Å². The zero-order valence-corrected chi connectivity index (χ0v) is 8.85. The maximum absolute atomic E-state index is 4.15. The molecule has 2 nitrogen and oxygen atoms in total. The van der Waals surface area contributed by atoms with Gasteiger partial charge in [-0.05, 0) is 6.07 Å². The summed E-state index contributed by atoms with van der Waals surface area (Å²) in [5.41, 5.74) is 0. The Morgan fingerprint density at radius 2 is 1.73 bits per heavy atom. The molecule has 0 saturated heterocycles. The summed E-state index contributed by atoms with van der Waals surface area (Å²) in [6.07, 6.45) is 3.57.